The van der Waals surface area contributed by atoms with Gasteiger partial charge in [-0.05, 0) is 18.6 Å². The molecule has 2 aliphatic rings. The molecule has 0 saturated carbocycles. The van der Waals surface area contributed by atoms with Gasteiger partial charge >= 0.3 is 0 Å². The van der Waals surface area contributed by atoms with Gasteiger partial charge in [0.2, 0.25) is 0 Å². The van der Waals surface area contributed by atoms with Crippen LogP contribution in [-0.2, 0) is 11.2 Å². The third-order valence-electron chi connectivity index (χ3n) is 4.10. The second kappa shape index (κ2) is 7.61. The summed E-state index contributed by atoms with van der Waals surface area (Å²) in [5.74, 6) is 0.605. The highest BCUT2D eigenvalue weighted by Crippen LogP contribution is 2.38. The van der Waals surface area contributed by atoms with Crippen LogP contribution in [0.3, 0.4) is 0 Å². The molecule has 0 amide bonds. The van der Waals surface area contributed by atoms with Crippen molar-refractivity contribution in [2.75, 3.05) is 37.0 Å². The van der Waals surface area contributed by atoms with Crippen LogP contribution in [0.25, 0.3) is 11.4 Å². The summed E-state index contributed by atoms with van der Waals surface area (Å²) in [6.07, 6.45) is 0.879. The van der Waals surface area contributed by atoms with Crippen molar-refractivity contribution in [1.29, 1.82) is 0 Å². The number of nitrogens with zero attached hydrogens (tertiary/aromatic N) is 3. The SMILES string of the molecule is Cl.Fc1cc(-c2nc3c(c(N4CCOCC4)n2)CCS3)c(F)cc1Cl. The number of anilines is 1. The molecule has 4 rings (SSSR count). The summed E-state index contributed by atoms with van der Waals surface area (Å²) in [6.45, 7) is 2.71. The maximum atomic E-state index is 14.3. The molecule has 1 fully saturated rings. The van der Waals surface area contributed by atoms with Crippen molar-refractivity contribution in [2.45, 2.75) is 11.4 Å². The fraction of sp³-hybridized carbons (Fsp3) is 0.375. The van der Waals surface area contributed by atoms with Crippen LogP contribution in [0.2, 0.25) is 5.02 Å². The standard InChI is InChI=1S/C16H14ClF2N3OS.ClH/c17-11-8-12(18)10(7-13(11)19)14-20-15(22-2-4-23-5-3-22)9-1-6-24-16(9)21-14;/h7-8H,1-6H2;1H. The van der Waals surface area contributed by atoms with E-state index in [1.165, 1.54) is 0 Å². The summed E-state index contributed by atoms with van der Waals surface area (Å²) < 4.78 is 33.4. The smallest absolute Gasteiger partial charge is 0.165 e. The van der Waals surface area contributed by atoms with Gasteiger partial charge in [-0.1, -0.05) is 11.6 Å². The fourth-order valence-electron chi connectivity index (χ4n) is 2.89. The van der Waals surface area contributed by atoms with Gasteiger partial charge in [0.25, 0.3) is 0 Å². The number of rotatable bonds is 2. The number of aromatic nitrogens is 2. The molecule has 1 aromatic carbocycles. The Labute approximate surface area is 159 Å². The third-order valence-corrected chi connectivity index (χ3v) is 5.41. The minimum Gasteiger partial charge on any atom is -0.378 e. The van der Waals surface area contributed by atoms with E-state index >= 15 is 0 Å². The molecule has 0 aliphatic carbocycles. The first kappa shape index (κ1) is 18.6. The quantitative estimate of drug-likeness (QED) is 0.557. The number of morpholine rings is 1. The van der Waals surface area contributed by atoms with Crippen LogP contribution in [0.5, 0.6) is 0 Å². The average Bonchev–Trinajstić information content (AvgIpc) is 3.06. The monoisotopic (exact) mass is 405 g/mol. The molecule has 134 valence electrons. The lowest BCUT2D eigenvalue weighted by atomic mass is 10.1. The summed E-state index contributed by atoms with van der Waals surface area (Å²) in [7, 11) is 0. The van der Waals surface area contributed by atoms with E-state index in [9.17, 15) is 8.78 Å². The second-order valence-electron chi connectivity index (χ2n) is 5.60. The molecule has 2 aliphatic heterocycles. The summed E-state index contributed by atoms with van der Waals surface area (Å²) in [5, 5.41) is 0.594. The Morgan fingerprint density at radius 2 is 1.88 bits per heavy atom. The van der Waals surface area contributed by atoms with Crippen molar-refractivity contribution < 1.29 is 13.5 Å². The topological polar surface area (TPSA) is 38.2 Å². The number of hydrogen-bond donors (Lipinski definition) is 0. The van der Waals surface area contributed by atoms with Gasteiger partial charge < -0.3 is 9.64 Å². The highest BCUT2D eigenvalue weighted by Gasteiger charge is 2.26. The zero-order chi connectivity index (χ0) is 16.7. The largest absolute Gasteiger partial charge is 0.378 e. The predicted molar refractivity (Wildman–Crippen MR) is 97.1 cm³/mol. The van der Waals surface area contributed by atoms with Gasteiger partial charge in [-0.2, -0.15) is 0 Å². The summed E-state index contributed by atoms with van der Waals surface area (Å²) in [6, 6.07) is 2.02. The van der Waals surface area contributed by atoms with Gasteiger partial charge in [-0.25, -0.2) is 18.7 Å². The first-order valence-corrected chi connectivity index (χ1v) is 9.01. The lowest BCUT2D eigenvalue weighted by molar-refractivity contribution is 0.122. The summed E-state index contributed by atoms with van der Waals surface area (Å²) in [5.41, 5.74) is 1.11. The molecular weight excluding hydrogens is 391 g/mol. The number of fused-ring (bicyclic) bond motifs is 1. The van der Waals surface area contributed by atoms with Crippen LogP contribution in [0.4, 0.5) is 14.6 Å². The zero-order valence-electron chi connectivity index (χ0n) is 13.1. The molecule has 9 heteroatoms. The Morgan fingerprint density at radius 1 is 1.12 bits per heavy atom. The van der Waals surface area contributed by atoms with Gasteiger partial charge in [0.15, 0.2) is 5.82 Å². The van der Waals surface area contributed by atoms with Gasteiger partial charge in [-0.15, -0.1) is 24.2 Å². The molecule has 25 heavy (non-hydrogen) atoms. The van der Waals surface area contributed by atoms with Crippen molar-refractivity contribution >= 4 is 41.6 Å². The molecule has 0 unspecified atom stereocenters. The fourth-order valence-corrected chi connectivity index (χ4v) is 4.06. The van der Waals surface area contributed by atoms with Crippen LogP contribution in [-0.4, -0.2) is 42.0 Å². The van der Waals surface area contributed by atoms with Crippen molar-refractivity contribution in [3.8, 4) is 11.4 Å². The molecule has 0 bridgehead atoms. The predicted octanol–water partition coefficient (Wildman–Crippen LogP) is 3.98. The Bertz CT molecular complexity index is 803. The highest BCUT2D eigenvalue weighted by atomic mass is 35.5. The molecular formula is C16H15Cl2F2N3OS. The van der Waals surface area contributed by atoms with E-state index in [0.29, 0.717) is 13.2 Å². The summed E-state index contributed by atoms with van der Waals surface area (Å²) >= 11 is 7.25. The van der Waals surface area contributed by atoms with E-state index in [1.54, 1.807) is 11.8 Å². The molecule has 0 N–H and O–H groups in total. The molecule has 0 spiro atoms. The minimum absolute atomic E-state index is 0. The van der Waals surface area contributed by atoms with E-state index in [0.717, 1.165) is 53.8 Å². The molecule has 0 atom stereocenters. The van der Waals surface area contributed by atoms with E-state index in [4.69, 9.17) is 16.3 Å². The van der Waals surface area contributed by atoms with Gasteiger partial charge in [-0.3, -0.25) is 0 Å². The van der Waals surface area contributed by atoms with E-state index in [1.807, 2.05) is 0 Å². The van der Waals surface area contributed by atoms with Crippen LogP contribution < -0.4 is 4.90 Å². The number of ether oxygens (including phenoxy) is 1. The van der Waals surface area contributed by atoms with Gasteiger partial charge in [0.1, 0.15) is 22.5 Å². The van der Waals surface area contributed by atoms with Crippen LogP contribution in [0.15, 0.2) is 17.2 Å². The van der Waals surface area contributed by atoms with Crippen molar-refractivity contribution in [3.63, 3.8) is 0 Å². The molecule has 4 nitrogen and oxygen atoms in total. The lowest BCUT2D eigenvalue weighted by Crippen LogP contribution is -2.37. The van der Waals surface area contributed by atoms with Crippen LogP contribution in [0.1, 0.15) is 5.56 Å². The van der Waals surface area contributed by atoms with Crippen LogP contribution >= 0.6 is 35.8 Å². The van der Waals surface area contributed by atoms with Crippen molar-refractivity contribution in [2.24, 2.45) is 0 Å². The zero-order valence-corrected chi connectivity index (χ0v) is 15.5. The van der Waals surface area contributed by atoms with E-state index in [2.05, 4.69) is 14.9 Å². The molecule has 1 aromatic heterocycles. The highest BCUT2D eigenvalue weighted by molar-refractivity contribution is 7.99. The van der Waals surface area contributed by atoms with Gasteiger partial charge in [0, 0.05) is 24.4 Å². The maximum absolute atomic E-state index is 14.3. The first-order chi connectivity index (χ1) is 11.6. The number of benzene rings is 1. The lowest BCUT2D eigenvalue weighted by Gasteiger charge is -2.29. The number of halogens is 4. The molecule has 0 radical (unpaired) electrons. The average molecular weight is 406 g/mol. The van der Waals surface area contributed by atoms with Crippen LogP contribution in [0, 0.1) is 11.6 Å². The maximum Gasteiger partial charge on any atom is 0.165 e. The third kappa shape index (κ3) is 3.56. The Morgan fingerprint density at radius 3 is 2.64 bits per heavy atom. The molecule has 1 saturated heterocycles. The number of hydrogen-bond acceptors (Lipinski definition) is 5. The second-order valence-corrected chi connectivity index (χ2v) is 7.09. The Balaban J connectivity index is 0.00000182. The minimum atomic E-state index is -0.683. The normalized spacial score (nSPS) is 16.5. The van der Waals surface area contributed by atoms with E-state index in [-0.39, 0.29) is 28.8 Å². The van der Waals surface area contributed by atoms with Gasteiger partial charge in [0.05, 0.1) is 23.8 Å². The summed E-state index contributed by atoms with van der Waals surface area (Å²) in [4.78, 5) is 11.1. The molecule has 3 heterocycles. The Kier molecular flexibility index (Phi) is 5.68. The Hall–Kier alpha value is -1.15. The first-order valence-electron chi connectivity index (χ1n) is 7.65. The van der Waals surface area contributed by atoms with E-state index < -0.39 is 11.6 Å². The van der Waals surface area contributed by atoms with Crippen molar-refractivity contribution in [3.05, 3.63) is 34.4 Å². The number of thioether (sulfide) groups is 1. The van der Waals surface area contributed by atoms with Crippen molar-refractivity contribution in [1.82, 2.24) is 9.97 Å². The molecule has 2 aromatic rings.